The van der Waals surface area contributed by atoms with Crippen molar-refractivity contribution in [3.8, 4) is 0 Å². The van der Waals surface area contributed by atoms with Crippen molar-refractivity contribution in [2.75, 3.05) is 0 Å². The number of rotatable bonds is 25. The van der Waals surface area contributed by atoms with E-state index in [2.05, 4.69) is 78.0 Å². The number of unbranched alkanes of at least 4 members (excludes halogenated alkanes) is 13. The van der Waals surface area contributed by atoms with Gasteiger partial charge >= 0.3 is 0 Å². The van der Waals surface area contributed by atoms with Gasteiger partial charge in [0.2, 0.25) is 0 Å². The first kappa shape index (κ1) is 38.0. The topological polar surface area (TPSA) is 24.7 Å². The zero-order valence-corrected chi connectivity index (χ0v) is 29.9. The van der Waals surface area contributed by atoms with Gasteiger partial charge in [-0.2, -0.15) is 10.2 Å². The normalized spacial score (nSPS) is 12.1. The van der Waals surface area contributed by atoms with Crippen molar-refractivity contribution in [1.82, 2.24) is 0 Å². The first-order valence-corrected chi connectivity index (χ1v) is 19.0. The lowest BCUT2D eigenvalue weighted by atomic mass is 9.91. The molecule has 0 amide bonds. The Bertz CT molecular complexity index is 1090. The van der Waals surface area contributed by atoms with Crippen LogP contribution in [0.15, 0.2) is 46.3 Å². The van der Waals surface area contributed by atoms with Crippen LogP contribution in [0, 0.1) is 0 Å². The summed E-state index contributed by atoms with van der Waals surface area (Å²) in [5.41, 5.74) is 10.9. The van der Waals surface area contributed by atoms with Crippen LogP contribution >= 0.6 is 0 Å². The quantitative estimate of drug-likeness (QED) is 0.0800. The number of hydrogen-bond donors (Lipinski definition) is 0. The predicted molar refractivity (Wildman–Crippen MR) is 196 cm³/mol. The van der Waals surface area contributed by atoms with Gasteiger partial charge in [-0.1, -0.05) is 143 Å². The lowest BCUT2D eigenvalue weighted by Gasteiger charge is -2.16. The van der Waals surface area contributed by atoms with Crippen molar-refractivity contribution in [1.29, 1.82) is 0 Å². The van der Waals surface area contributed by atoms with Gasteiger partial charge in [0.05, 0.1) is 11.4 Å². The Morgan fingerprint density at radius 3 is 1.68 bits per heavy atom. The van der Waals surface area contributed by atoms with Crippen molar-refractivity contribution in [2.24, 2.45) is 10.2 Å². The van der Waals surface area contributed by atoms with Crippen LogP contribution < -0.4 is 0 Å². The third-order valence-corrected chi connectivity index (χ3v) is 9.17. The van der Waals surface area contributed by atoms with Crippen LogP contribution in [-0.4, -0.2) is 0 Å². The molecule has 44 heavy (non-hydrogen) atoms. The highest BCUT2D eigenvalue weighted by Crippen LogP contribution is 2.29. The summed E-state index contributed by atoms with van der Waals surface area (Å²) in [7, 11) is 0. The molecule has 2 heteroatoms. The minimum atomic E-state index is 0.882. The van der Waals surface area contributed by atoms with Gasteiger partial charge in [-0.15, -0.1) is 0 Å². The van der Waals surface area contributed by atoms with Crippen LogP contribution in [0.2, 0.25) is 0 Å². The molecule has 0 radical (unpaired) electrons. The van der Waals surface area contributed by atoms with E-state index in [0.29, 0.717) is 0 Å². The van der Waals surface area contributed by atoms with Gasteiger partial charge in [0.1, 0.15) is 0 Å². The maximum Gasteiger partial charge on any atom is 0.0862 e. The van der Waals surface area contributed by atoms with Crippen LogP contribution in [0.4, 0.5) is 5.69 Å². The molecule has 0 fully saturated rings. The van der Waals surface area contributed by atoms with Crippen molar-refractivity contribution in [3.63, 3.8) is 0 Å². The van der Waals surface area contributed by atoms with E-state index in [9.17, 15) is 0 Å². The van der Waals surface area contributed by atoms with Crippen molar-refractivity contribution >= 4 is 11.8 Å². The molecule has 0 aromatic heterocycles. The Kier molecular flexibility index (Phi) is 20.8. The fourth-order valence-electron chi connectivity index (χ4n) is 6.37. The molecule has 0 saturated heterocycles. The molecule has 2 aromatic rings. The fraction of sp³-hybridized carbons (Fsp3) is 0.667. The van der Waals surface area contributed by atoms with E-state index in [0.717, 1.165) is 30.6 Å². The average molecular weight is 601 g/mol. The summed E-state index contributed by atoms with van der Waals surface area (Å²) < 4.78 is 0. The van der Waals surface area contributed by atoms with E-state index in [1.54, 1.807) is 5.56 Å². The highest BCUT2D eigenvalue weighted by Gasteiger charge is 2.11. The maximum atomic E-state index is 4.87. The van der Waals surface area contributed by atoms with Crippen LogP contribution in [0.1, 0.15) is 184 Å². The fourth-order valence-corrected chi connectivity index (χ4v) is 6.37. The van der Waals surface area contributed by atoms with Gasteiger partial charge in [-0.25, -0.2) is 0 Å². The second-order valence-electron chi connectivity index (χ2n) is 13.1. The number of benzene rings is 2. The van der Waals surface area contributed by atoms with Crippen LogP contribution in [-0.2, 0) is 32.1 Å². The zero-order chi connectivity index (χ0) is 31.8. The molecule has 246 valence electrons. The Labute approximate surface area is 273 Å². The van der Waals surface area contributed by atoms with E-state index in [4.69, 9.17) is 10.2 Å². The molecule has 0 N–H and O–H groups in total. The minimum absolute atomic E-state index is 0.882. The number of azo groups is 1. The smallest absolute Gasteiger partial charge is 0.0862 e. The number of aryl methyl sites for hydroxylation is 4. The molecule has 2 nitrogen and oxygen atoms in total. The molecule has 2 aromatic carbocycles. The number of allylic oxidation sites excluding steroid dienone is 1. The number of nitrogens with zero attached hydrogens (tertiary/aromatic N) is 2. The Morgan fingerprint density at radius 2 is 1.07 bits per heavy atom. The minimum Gasteiger partial charge on any atom is -0.155 e. The summed E-state index contributed by atoms with van der Waals surface area (Å²) >= 11 is 0. The van der Waals surface area contributed by atoms with E-state index >= 15 is 0 Å². The van der Waals surface area contributed by atoms with Crippen LogP contribution in [0.25, 0.3) is 6.08 Å². The molecule has 0 bridgehead atoms. The van der Waals surface area contributed by atoms with Crippen molar-refractivity contribution < 1.29 is 0 Å². The van der Waals surface area contributed by atoms with Crippen LogP contribution in [0.3, 0.4) is 0 Å². The summed E-state index contributed by atoms with van der Waals surface area (Å²) in [5, 5.41) is 9.72. The summed E-state index contributed by atoms with van der Waals surface area (Å²) in [5.74, 6) is 0. The third kappa shape index (κ3) is 15.2. The summed E-state index contributed by atoms with van der Waals surface area (Å²) in [6, 6.07) is 11.8. The highest BCUT2D eigenvalue weighted by molar-refractivity contribution is 5.55. The summed E-state index contributed by atoms with van der Waals surface area (Å²) in [6.45, 7) is 13.7. The number of hydrogen-bond acceptors (Lipinski definition) is 2. The van der Waals surface area contributed by atoms with E-state index in [-0.39, 0.29) is 0 Å². The molecular weight excluding hydrogens is 532 g/mol. The second kappa shape index (κ2) is 24.1. The molecule has 0 aliphatic heterocycles. The van der Waals surface area contributed by atoms with Crippen molar-refractivity contribution in [3.05, 3.63) is 69.4 Å². The van der Waals surface area contributed by atoms with Gasteiger partial charge < -0.3 is 0 Å². The molecule has 0 aliphatic rings. The lowest BCUT2D eigenvalue weighted by Crippen LogP contribution is -2.01. The molecule has 0 spiro atoms. The molecule has 2 rings (SSSR count). The summed E-state index contributed by atoms with van der Waals surface area (Å²) in [6.07, 6.45) is 30.2. The van der Waals surface area contributed by atoms with Gasteiger partial charge in [0.15, 0.2) is 0 Å². The standard InChI is InChI=1S/C42H68N2/c1-7-13-16-19-21-23-26-36-29-35(10-4)30-37(31-36)32-40(12-6)43-44-41-33-38(11-5)42(28-25-18-15-9-3)39(34-41)27-24-22-20-17-14-8-2/h29-34H,7-28H2,1-6H3. The van der Waals surface area contributed by atoms with Gasteiger partial charge in [-0.05, 0) is 109 Å². The highest BCUT2D eigenvalue weighted by atomic mass is 15.1. The third-order valence-electron chi connectivity index (χ3n) is 9.17. The second-order valence-corrected chi connectivity index (χ2v) is 13.1. The maximum absolute atomic E-state index is 4.87. The summed E-state index contributed by atoms with van der Waals surface area (Å²) in [4.78, 5) is 0. The van der Waals surface area contributed by atoms with Gasteiger partial charge in [-0.3, -0.25) is 0 Å². The Balaban J connectivity index is 2.23. The van der Waals surface area contributed by atoms with E-state index in [1.165, 1.54) is 150 Å². The Morgan fingerprint density at radius 1 is 0.523 bits per heavy atom. The first-order valence-electron chi connectivity index (χ1n) is 19.0. The predicted octanol–water partition coefficient (Wildman–Crippen LogP) is 14.3. The van der Waals surface area contributed by atoms with E-state index in [1.807, 2.05) is 0 Å². The van der Waals surface area contributed by atoms with Gasteiger partial charge in [0, 0.05) is 0 Å². The monoisotopic (exact) mass is 601 g/mol. The Hall–Kier alpha value is -2.22. The zero-order valence-electron chi connectivity index (χ0n) is 29.9. The van der Waals surface area contributed by atoms with Crippen LogP contribution in [0.5, 0.6) is 0 Å². The SMILES string of the molecule is CCCCCCCCc1cc(C=C(CC)N=Nc2cc(CC)c(CCCCCC)c(CCCCCCCC)c2)cc(CC)c1. The van der Waals surface area contributed by atoms with Crippen molar-refractivity contribution in [2.45, 2.75) is 183 Å². The molecule has 0 saturated carbocycles. The molecule has 0 unspecified atom stereocenters. The van der Waals surface area contributed by atoms with Gasteiger partial charge in [0.25, 0.3) is 0 Å². The molecule has 0 atom stereocenters. The largest absolute Gasteiger partial charge is 0.155 e. The first-order chi connectivity index (χ1) is 21.6. The molecule has 0 aliphatic carbocycles. The van der Waals surface area contributed by atoms with E-state index < -0.39 is 0 Å². The average Bonchev–Trinajstić information content (AvgIpc) is 3.04. The molecular formula is C42H68N2. The lowest BCUT2D eigenvalue weighted by molar-refractivity contribution is 0.605. The molecule has 0 heterocycles.